The Balaban J connectivity index is 1.30. The molecule has 2 aliphatic heterocycles. The van der Waals surface area contributed by atoms with Crippen LogP contribution in [0, 0.1) is 11.7 Å². The van der Waals surface area contributed by atoms with Crippen molar-refractivity contribution in [1.29, 1.82) is 0 Å². The molecule has 3 aliphatic rings. The van der Waals surface area contributed by atoms with Gasteiger partial charge in [0.2, 0.25) is 0 Å². The number of likely N-dealkylation sites (tertiary alicyclic amines) is 1. The number of hydrogen-bond donors (Lipinski definition) is 2. The summed E-state index contributed by atoms with van der Waals surface area (Å²) in [4.78, 5) is 13.7. The molecule has 1 aliphatic carbocycles. The van der Waals surface area contributed by atoms with Crippen LogP contribution in [0.2, 0.25) is 0 Å². The third kappa shape index (κ3) is 4.69. The molecule has 1 aromatic rings. The molecule has 0 radical (unpaired) electrons. The monoisotopic (exact) mass is 374 g/mol. The van der Waals surface area contributed by atoms with Crippen molar-refractivity contribution in [1.82, 2.24) is 20.5 Å². The highest BCUT2D eigenvalue weighted by atomic mass is 19.1. The topological polar surface area (TPSA) is 55.8 Å². The second kappa shape index (κ2) is 8.42. The molecule has 2 N–H and O–H groups in total. The van der Waals surface area contributed by atoms with E-state index in [0.29, 0.717) is 11.7 Å². The number of aromatic nitrogens is 1. The molecule has 4 rings (SSSR count). The number of hydrogen-bond acceptors (Lipinski definition) is 4. The van der Waals surface area contributed by atoms with Crippen LogP contribution < -0.4 is 15.5 Å². The summed E-state index contributed by atoms with van der Waals surface area (Å²) in [5.74, 6) is 1.76. The van der Waals surface area contributed by atoms with Crippen LogP contribution in [-0.4, -0.2) is 67.2 Å². The molecule has 2 unspecified atom stereocenters. The van der Waals surface area contributed by atoms with Gasteiger partial charge in [-0.25, -0.2) is 9.37 Å². The second-order valence-corrected chi connectivity index (χ2v) is 7.99. The lowest BCUT2D eigenvalue weighted by Crippen LogP contribution is -2.45. The maximum Gasteiger partial charge on any atom is 0.191 e. The molecule has 2 saturated heterocycles. The van der Waals surface area contributed by atoms with Gasteiger partial charge in [0.15, 0.2) is 17.6 Å². The summed E-state index contributed by atoms with van der Waals surface area (Å²) in [5.41, 5.74) is 0. The van der Waals surface area contributed by atoms with E-state index in [1.165, 1.54) is 38.4 Å². The van der Waals surface area contributed by atoms with Crippen molar-refractivity contribution < 1.29 is 4.39 Å². The molecule has 2 atom stereocenters. The van der Waals surface area contributed by atoms with E-state index in [1.807, 2.05) is 4.90 Å². The Labute approximate surface area is 161 Å². The number of anilines is 1. The fourth-order valence-corrected chi connectivity index (χ4v) is 4.20. The molecule has 0 bridgehead atoms. The molecule has 0 amide bonds. The van der Waals surface area contributed by atoms with E-state index < -0.39 is 0 Å². The van der Waals surface area contributed by atoms with Crippen LogP contribution >= 0.6 is 0 Å². The molecule has 3 heterocycles. The number of halogens is 1. The van der Waals surface area contributed by atoms with E-state index in [2.05, 4.69) is 27.4 Å². The molecule has 0 aromatic carbocycles. The van der Waals surface area contributed by atoms with Crippen LogP contribution in [0.25, 0.3) is 0 Å². The summed E-state index contributed by atoms with van der Waals surface area (Å²) in [6.45, 7) is 7.80. The average molecular weight is 375 g/mol. The van der Waals surface area contributed by atoms with Crippen LogP contribution in [-0.2, 0) is 0 Å². The molecule has 27 heavy (non-hydrogen) atoms. The minimum atomic E-state index is -0.250. The predicted octanol–water partition coefficient (Wildman–Crippen LogP) is 1.84. The van der Waals surface area contributed by atoms with Gasteiger partial charge in [-0.1, -0.05) is 0 Å². The van der Waals surface area contributed by atoms with Crippen LogP contribution in [0.3, 0.4) is 0 Å². The van der Waals surface area contributed by atoms with E-state index in [9.17, 15) is 4.39 Å². The van der Waals surface area contributed by atoms with E-state index in [4.69, 9.17) is 4.99 Å². The van der Waals surface area contributed by atoms with Gasteiger partial charge in [-0.3, -0.25) is 4.99 Å². The summed E-state index contributed by atoms with van der Waals surface area (Å²) in [6.07, 6.45) is 6.64. The van der Waals surface area contributed by atoms with Crippen LogP contribution in [0.1, 0.15) is 32.6 Å². The van der Waals surface area contributed by atoms with Gasteiger partial charge in [0.05, 0.1) is 0 Å². The zero-order chi connectivity index (χ0) is 18.6. The summed E-state index contributed by atoms with van der Waals surface area (Å²) < 4.78 is 14.0. The fraction of sp³-hybridized carbons (Fsp3) is 0.700. The molecule has 1 aromatic heterocycles. The lowest BCUT2D eigenvalue weighted by molar-refractivity contribution is 0.315. The molecular formula is C20H31FN6. The van der Waals surface area contributed by atoms with E-state index >= 15 is 0 Å². The first-order chi connectivity index (χ1) is 13.2. The molecule has 1 saturated carbocycles. The lowest BCUT2D eigenvalue weighted by atomic mass is 10.1. The van der Waals surface area contributed by atoms with Crippen molar-refractivity contribution in [3.63, 3.8) is 0 Å². The maximum atomic E-state index is 14.0. The standard InChI is InChI=1S/C20H31FN6/c1-2-22-20(24-12-15-7-10-26(13-15)17-5-6-17)25-16-8-11-27(14-16)19-18(21)4-3-9-23-19/h3-4,9,15-17H,2,5-8,10-14H2,1H3,(H2,22,24,25). The summed E-state index contributed by atoms with van der Waals surface area (Å²) >= 11 is 0. The summed E-state index contributed by atoms with van der Waals surface area (Å²) in [5, 5.41) is 6.90. The highest BCUT2D eigenvalue weighted by molar-refractivity contribution is 5.80. The highest BCUT2D eigenvalue weighted by Crippen LogP contribution is 2.31. The smallest absolute Gasteiger partial charge is 0.191 e. The quantitative estimate of drug-likeness (QED) is 0.588. The number of guanidine groups is 1. The molecule has 6 nitrogen and oxygen atoms in total. The largest absolute Gasteiger partial charge is 0.357 e. The zero-order valence-corrected chi connectivity index (χ0v) is 16.2. The average Bonchev–Trinajstić information content (AvgIpc) is 3.23. The van der Waals surface area contributed by atoms with E-state index in [1.54, 1.807) is 12.3 Å². The van der Waals surface area contributed by atoms with Gasteiger partial charge in [0.1, 0.15) is 0 Å². The first kappa shape index (κ1) is 18.5. The Kier molecular flexibility index (Phi) is 5.76. The van der Waals surface area contributed by atoms with Crippen LogP contribution in [0.5, 0.6) is 0 Å². The fourth-order valence-electron chi connectivity index (χ4n) is 4.20. The molecular weight excluding hydrogens is 343 g/mol. The highest BCUT2D eigenvalue weighted by Gasteiger charge is 2.34. The molecule has 148 valence electrons. The second-order valence-electron chi connectivity index (χ2n) is 7.99. The van der Waals surface area contributed by atoms with Gasteiger partial charge in [-0.05, 0) is 57.2 Å². The molecule has 3 fully saturated rings. The van der Waals surface area contributed by atoms with Crippen molar-refractivity contribution in [2.24, 2.45) is 10.9 Å². The third-order valence-corrected chi connectivity index (χ3v) is 5.80. The summed E-state index contributed by atoms with van der Waals surface area (Å²) in [7, 11) is 0. The Morgan fingerprint density at radius 1 is 1.26 bits per heavy atom. The SMILES string of the molecule is CCNC(=NCC1CCN(C2CC2)C1)NC1CCN(c2ncccc2F)C1. The normalized spacial score (nSPS) is 26.6. The number of pyridine rings is 1. The summed E-state index contributed by atoms with van der Waals surface area (Å²) in [6, 6.07) is 4.23. The minimum absolute atomic E-state index is 0.250. The predicted molar refractivity (Wildman–Crippen MR) is 107 cm³/mol. The van der Waals surface area contributed by atoms with Crippen LogP contribution in [0.4, 0.5) is 10.2 Å². The maximum absolute atomic E-state index is 14.0. The van der Waals surface area contributed by atoms with Gasteiger partial charge in [0.25, 0.3) is 0 Å². The van der Waals surface area contributed by atoms with Gasteiger partial charge < -0.3 is 20.4 Å². The third-order valence-electron chi connectivity index (χ3n) is 5.80. The molecule has 0 spiro atoms. The minimum Gasteiger partial charge on any atom is -0.357 e. The Bertz CT molecular complexity index is 662. The zero-order valence-electron chi connectivity index (χ0n) is 16.2. The van der Waals surface area contributed by atoms with Gasteiger partial charge in [0, 0.05) is 51.0 Å². The van der Waals surface area contributed by atoms with E-state index in [0.717, 1.165) is 44.6 Å². The number of nitrogens with one attached hydrogen (secondary N) is 2. The number of rotatable bonds is 6. The van der Waals surface area contributed by atoms with Crippen molar-refractivity contribution in [2.45, 2.75) is 44.7 Å². The van der Waals surface area contributed by atoms with Crippen molar-refractivity contribution in [2.75, 3.05) is 44.2 Å². The Morgan fingerprint density at radius 3 is 2.93 bits per heavy atom. The number of aliphatic imine (C=N–C) groups is 1. The van der Waals surface area contributed by atoms with Crippen LogP contribution in [0.15, 0.2) is 23.3 Å². The van der Waals surface area contributed by atoms with Gasteiger partial charge in [-0.2, -0.15) is 0 Å². The van der Waals surface area contributed by atoms with Crippen molar-refractivity contribution >= 4 is 11.8 Å². The van der Waals surface area contributed by atoms with Crippen molar-refractivity contribution in [3.05, 3.63) is 24.1 Å². The first-order valence-electron chi connectivity index (χ1n) is 10.4. The molecule has 7 heteroatoms. The Hall–Kier alpha value is -1.89. The van der Waals surface area contributed by atoms with Gasteiger partial charge in [-0.15, -0.1) is 0 Å². The lowest BCUT2D eigenvalue weighted by Gasteiger charge is -2.20. The van der Waals surface area contributed by atoms with Gasteiger partial charge >= 0.3 is 0 Å². The Morgan fingerprint density at radius 2 is 2.15 bits per heavy atom. The number of nitrogens with zero attached hydrogens (tertiary/aromatic N) is 4. The van der Waals surface area contributed by atoms with Crippen molar-refractivity contribution in [3.8, 4) is 0 Å². The first-order valence-corrected chi connectivity index (χ1v) is 10.4. The van der Waals surface area contributed by atoms with E-state index in [-0.39, 0.29) is 11.9 Å².